The lowest BCUT2D eigenvalue weighted by molar-refractivity contribution is 0.210. The lowest BCUT2D eigenvalue weighted by atomic mass is 10.1. The van der Waals surface area contributed by atoms with E-state index in [1.54, 1.807) is 18.0 Å². The Labute approximate surface area is 156 Å². The van der Waals surface area contributed by atoms with Gasteiger partial charge in [-0.25, -0.2) is 9.78 Å². The third kappa shape index (κ3) is 3.24. The highest BCUT2D eigenvalue weighted by molar-refractivity contribution is 5.79. The van der Waals surface area contributed by atoms with Gasteiger partial charge in [-0.2, -0.15) is 0 Å². The van der Waals surface area contributed by atoms with Crippen molar-refractivity contribution in [2.45, 2.75) is 6.92 Å². The summed E-state index contributed by atoms with van der Waals surface area (Å²) in [4.78, 5) is 23.1. The number of hydrogen-bond donors (Lipinski definition) is 3. The van der Waals surface area contributed by atoms with Crippen molar-refractivity contribution in [1.29, 1.82) is 0 Å². The first-order valence-corrected chi connectivity index (χ1v) is 8.76. The number of imidazole rings is 2. The van der Waals surface area contributed by atoms with Crippen LogP contribution in [0.25, 0.3) is 28.0 Å². The van der Waals surface area contributed by atoms with Gasteiger partial charge in [-0.3, -0.25) is 9.55 Å². The molecular formula is C20H21N5O2. The maximum Gasteiger partial charge on any atom is 0.332 e. The fourth-order valence-corrected chi connectivity index (χ4v) is 3.14. The Morgan fingerprint density at radius 1 is 1.19 bits per heavy atom. The third-order valence-electron chi connectivity index (χ3n) is 4.49. The maximum atomic E-state index is 12.8. The molecule has 0 aliphatic rings. The number of benzene rings is 2. The third-order valence-corrected chi connectivity index (χ3v) is 4.49. The fourth-order valence-electron chi connectivity index (χ4n) is 3.14. The largest absolute Gasteiger partial charge is 0.383 e. The van der Waals surface area contributed by atoms with Gasteiger partial charge in [0.05, 0.1) is 35.3 Å². The Morgan fingerprint density at radius 3 is 2.78 bits per heavy atom. The average Bonchev–Trinajstić information content (AvgIpc) is 3.26. The smallest absolute Gasteiger partial charge is 0.332 e. The minimum absolute atomic E-state index is 0.204. The molecule has 3 N–H and O–H groups in total. The Morgan fingerprint density at radius 2 is 2.00 bits per heavy atom. The van der Waals surface area contributed by atoms with Gasteiger partial charge < -0.3 is 15.0 Å². The minimum Gasteiger partial charge on any atom is -0.383 e. The van der Waals surface area contributed by atoms with E-state index in [1.807, 2.05) is 49.4 Å². The molecule has 0 saturated carbocycles. The van der Waals surface area contributed by atoms with Gasteiger partial charge in [0.15, 0.2) is 0 Å². The number of hydrogen-bond acceptors (Lipinski definition) is 4. The molecule has 2 aromatic heterocycles. The van der Waals surface area contributed by atoms with Gasteiger partial charge in [0.1, 0.15) is 5.82 Å². The number of nitrogens with zero attached hydrogens (tertiary/aromatic N) is 2. The van der Waals surface area contributed by atoms with Crippen molar-refractivity contribution in [3.8, 4) is 16.9 Å². The van der Waals surface area contributed by atoms with Crippen LogP contribution in [0.3, 0.4) is 0 Å². The lowest BCUT2D eigenvalue weighted by Gasteiger charge is -2.11. The van der Waals surface area contributed by atoms with Crippen LogP contribution in [0.2, 0.25) is 0 Å². The molecule has 0 fully saturated rings. The van der Waals surface area contributed by atoms with Crippen molar-refractivity contribution in [3.05, 3.63) is 64.8 Å². The lowest BCUT2D eigenvalue weighted by Crippen LogP contribution is -2.15. The molecule has 7 nitrogen and oxygen atoms in total. The van der Waals surface area contributed by atoms with Gasteiger partial charge in [-0.05, 0) is 25.1 Å². The molecule has 0 unspecified atom stereocenters. The van der Waals surface area contributed by atoms with Crippen LogP contribution in [0.4, 0.5) is 5.82 Å². The number of rotatable bonds is 6. The second-order valence-electron chi connectivity index (χ2n) is 6.38. The first-order chi connectivity index (χ1) is 13.2. The number of aryl methyl sites for hydroxylation is 1. The molecule has 0 radical (unpaired) electrons. The van der Waals surface area contributed by atoms with Crippen LogP contribution in [-0.2, 0) is 4.74 Å². The molecule has 0 saturated heterocycles. The van der Waals surface area contributed by atoms with E-state index in [0.29, 0.717) is 19.0 Å². The molecule has 138 valence electrons. The summed E-state index contributed by atoms with van der Waals surface area (Å²) in [5, 5.41) is 3.27. The molecule has 2 heterocycles. The van der Waals surface area contributed by atoms with Crippen LogP contribution >= 0.6 is 0 Å². The second-order valence-corrected chi connectivity index (χ2v) is 6.38. The molecule has 7 heteroatoms. The van der Waals surface area contributed by atoms with Crippen molar-refractivity contribution < 1.29 is 4.74 Å². The summed E-state index contributed by atoms with van der Waals surface area (Å²) in [5.41, 5.74) is 5.20. The van der Waals surface area contributed by atoms with Crippen LogP contribution in [-0.4, -0.2) is 39.8 Å². The van der Waals surface area contributed by atoms with E-state index in [2.05, 4.69) is 20.3 Å². The van der Waals surface area contributed by atoms with Crippen molar-refractivity contribution >= 4 is 16.9 Å². The quantitative estimate of drug-likeness (QED) is 0.460. The first-order valence-electron chi connectivity index (χ1n) is 8.76. The Bertz CT molecular complexity index is 1120. The van der Waals surface area contributed by atoms with Crippen LogP contribution in [0.1, 0.15) is 5.56 Å². The maximum absolute atomic E-state index is 12.8. The van der Waals surface area contributed by atoms with Gasteiger partial charge in [0.25, 0.3) is 0 Å². The number of aromatic nitrogens is 4. The van der Waals surface area contributed by atoms with Crippen LogP contribution < -0.4 is 11.0 Å². The van der Waals surface area contributed by atoms with Crippen molar-refractivity contribution in [3.63, 3.8) is 0 Å². The Balaban J connectivity index is 1.88. The van der Waals surface area contributed by atoms with Gasteiger partial charge >= 0.3 is 5.69 Å². The van der Waals surface area contributed by atoms with Gasteiger partial charge in [-0.15, -0.1) is 0 Å². The highest BCUT2D eigenvalue weighted by atomic mass is 16.5. The zero-order chi connectivity index (χ0) is 18.8. The summed E-state index contributed by atoms with van der Waals surface area (Å²) in [6, 6.07) is 13.8. The molecule has 27 heavy (non-hydrogen) atoms. The molecule has 4 rings (SSSR count). The molecule has 0 bridgehead atoms. The Kier molecular flexibility index (Phi) is 4.52. The van der Waals surface area contributed by atoms with Crippen LogP contribution in [0.15, 0.2) is 53.6 Å². The highest BCUT2D eigenvalue weighted by Gasteiger charge is 2.18. The molecule has 0 aliphatic carbocycles. The van der Waals surface area contributed by atoms with Gasteiger partial charge in [0, 0.05) is 19.2 Å². The summed E-state index contributed by atoms with van der Waals surface area (Å²) in [7, 11) is 1.65. The van der Waals surface area contributed by atoms with E-state index < -0.39 is 0 Å². The monoisotopic (exact) mass is 363 g/mol. The van der Waals surface area contributed by atoms with E-state index in [9.17, 15) is 4.79 Å². The normalized spacial score (nSPS) is 11.2. The molecule has 2 aromatic carbocycles. The molecular weight excluding hydrogens is 342 g/mol. The summed E-state index contributed by atoms with van der Waals surface area (Å²) in [6.45, 7) is 3.17. The summed E-state index contributed by atoms with van der Waals surface area (Å²) >= 11 is 0. The van der Waals surface area contributed by atoms with Crippen molar-refractivity contribution in [2.24, 2.45) is 0 Å². The summed E-state index contributed by atoms with van der Waals surface area (Å²) in [5.74, 6) is 0.672. The highest BCUT2D eigenvalue weighted by Crippen LogP contribution is 2.29. The zero-order valence-electron chi connectivity index (χ0n) is 15.2. The van der Waals surface area contributed by atoms with Crippen LogP contribution in [0.5, 0.6) is 0 Å². The predicted octanol–water partition coefficient (Wildman–Crippen LogP) is 3.08. The number of nitrogens with one attached hydrogen (secondary N) is 3. The minimum atomic E-state index is -0.204. The van der Waals surface area contributed by atoms with E-state index in [4.69, 9.17) is 4.74 Å². The van der Waals surface area contributed by atoms with E-state index in [1.165, 1.54) is 0 Å². The van der Waals surface area contributed by atoms with Crippen LogP contribution in [0, 0.1) is 6.92 Å². The predicted molar refractivity (Wildman–Crippen MR) is 107 cm³/mol. The second kappa shape index (κ2) is 7.13. The molecule has 0 atom stereocenters. The first kappa shape index (κ1) is 17.1. The fraction of sp³-hybridized carbons (Fsp3) is 0.200. The zero-order valence-corrected chi connectivity index (χ0v) is 15.2. The van der Waals surface area contributed by atoms with Crippen molar-refractivity contribution in [2.75, 3.05) is 25.6 Å². The SMILES string of the molecule is COCCNc1[nH]c(=O)n(-c2ccc3nc[nH]c3c2)c1-c1ccc(C)cc1. The standard InChI is InChI=1S/C20H21N5O2/c1-13-3-5-14(6-4-13)18-19(21-9-10-27-2)24-20(26)25(18)15-7-8-16-17(11-15)23-12-22-16/h3-8,11-12,21H,9-10H2,1-2H3,(H,22,23)(H,24,26). The number of anilines is 1. The van der Waals surface area contributed by atoms with E-state index in [0.717, 1.165) is 33.5 Å². The number of aromatic amines is 2. The van der Waals surface area contributed by atoms with E-state index >= 15 is 0 Å². The number of ether oxygens (including phenoxy) is 1. The van der Waals surface area contributed by atoms with Crippen molar-refractivity contribution in [1.82, 2.24) is 19.5 Å². The summed E-state index contributed by atoms with van der Waals surface area (Å²) < 4.78 is 6.79. The summed E-state index contributed by atoms with van der Waals surface area (Å²) in [6.07, 6.45) is 1.65. The number of methoxy groups -OCH3 is 1. The van der Waals surface area contributed by atoms with Gasteiger partial charge in [0.2, 0.25) is 0 Å². The number of H-pyrrole nitrogens is 2. The molecule has 0 amide bonds. The average molecular weight is 363 g/mol. The van der Waals surface area contributed by atoms with E-state index in [-0.39, 0.29) is 5.69 Å². The molecule has 4 aromatic rings. The number of fused-ring (bicyclic) bond motifs is 1. The molecule has 0 aliphatic heterocycles. The Hall–Kier alpha value is -3.32. The molecule has 0 spiro atoms. The van der Waals surface area contributed by atoms with Gasteiger partial charge in [-0.1, -0.05) is 29.8 Å². The topological polar surface area (TPSA) is 87.7 Å².